The van der Waals surface area contributed by atoms with Crippen molar-refractivity contribution in [3.8, 4) is 0 Å². The Morgan fingerprint density at radius 1 is 1.27 bits per heavy atom. The number of carbonyl (C=O) groups excluding carboxylic acids is 2. The Balaban J connectivity index is 3.26. The number of esters is 1. The Kier molecular flexibility index (Phi) is 6.60. The molecule has 1 rings (SSSR count). The molecular weight excluding hydrogens is 278 g/mol. The molecule has 4 heteroatoms. The van der Waals surface area contributed by atoms with E-state index in [4.69, 9.17) is 4.74 Å². The van der Waals surface area contributed by atoms with Crippen molar-refractivity contribution in [1.29, 1.82) is 0 Å². The van der Waals surface area contributed by atoms with E-state index in [1.54, 1.807) is 6.92 Å². The van der Waals surface area contributed by atoms with Crippen molar-refractivity contribution in [3.63, 3.8) is 0 Å². The van der Waals surface area contributed by atoms with E-state index in [9.17, 15) is 9.59 Å². The molecule has 122 valence electrons. The summed E-state index contributed by atoms with van der Waals surface area (Å²) in [6, 6.07) is 7.78. The fourth-order valence-electron chi connectivity index (χ4n) is 2.74. The van der Waals surface area contributed by atoms with Crippen LogP contribution in [0.3, 0.4) is 0 Å². The van der Waals surface area contributed by atoms with E-state index in [0.717, 1.165) is 17.5 Å². The lowest BCUT2D eigenvalue weighted by Gasteiger charge is -2.38. The van der Waals surface area contributed by atoms with E-state index in [1.807, 2.05) is 52.0 Å². The Bertz CT molecular complexity index is 496. The number of nitrogens with one attached hydrogen (secondary N) is 1. The van der Waals surface area contributed by atoms with Gasteiger partial charge in [-0.1, -0.05) is 38.5 Å². The second kappa shape index (κ2) is 7.97. The van der Waals surface area contributed by atoms with Crippen LogP contribution < -0.4 is 5.32 Å². The molecule has 2 atom stereocenters. The summed E-state index contributed by atoms with van der Waals surface area (Å²) >= 11 is 0. The van der Waals surface area contributed by atoms with Crippen LogP contribution in [0.5, 0.6) is 0 Å². The molecule has 0 unspecified atom stereocenters. The van der Waals surface area contributed by atoms with E-state index >= 15 is 0 Å². The van der Waals surface area contributed by atoms with Crippen LogP contribution in [0, 0.1) is 18.8 Å². The maximum Gasteiger partial charge on any atom is 0.332 e. The van der Waals surface area contributed by atoms with E-state index in [0.29, 0.717) is 13.0 Å². The Morgan fingerprint density at radius 3 is 2.27 bits per heavy atom. The minimum Gasteiger partial charge on any atom is -0.464 e. The molecule has 0 aliphatic heterocycles. The molecule has 0 aliphatic carbocycles. The van der Waals surface area contributed by atoms with Gasteiger partial charge in [0.2, 0.25) is 0 Å². The van der Waals surface area contributed by atoms with Crippen molar-refractivity contribution >= 4 is 17.9 Å². The molecule has 1 aromatic carbocycles. The summed E-state index contributed by atoms with van der Waals surface area (Å²) in [7, 11) is 0. The van der Waals surface area contributed by atoms with Crippen LogP contribution in [-0.2, 0) is 14.3 Å². The Morgan fingerprint density at radius 2 is 1.86 bits per heavy atom. The summed E-state index contributed by atoms with van der Waals surface area (Å²) in [5.74, 6) is -0.804. The first-order chi connectivity index (χ1) is 10.4. The summed E-state index contributed by atoms with van der Waals surface area (Å²) in [6.45, 7) is 9.86. The van der Waals surface area contributed by atoms with Gasteiger partial charge in [-0.25, -0.2) is 4.79 Å². The summed E-state index contributed by atoms with van der Waals surface area (Å²) < 4.78 is 5.27. The van der Waals surface area contributed by atoms with Gasteiger partial charge in [0, 0.05) is 5.69 Å². The van der Waals surface area contributed by atoms with E-state index < -0.39 is 11.5 Å². The highest BCUT2D eigenvalue weighted by molar-refractivity contribution is 5.88. The van der Waals surface area contributed by atoms with Gasteiger partial charge < -0.3 is 14.8 Å². The monoisotopic (exact) mass is 305 g/mol. The highest BCUT2D eigenvalue weighted by atomic mass is 16.5. The number of aldehydes is 1. The summed E-state index contributed by atoms with van der Waals surface area (Å²) in [6.07, 6.45) is 1.34. The first-order valence-electron chi connectivity index (χ1n) is 7.88. The van der Waals surface area contributed by atoms with Crippen molar-refractivity contribution in [2.45, 2.75) is 46.6 Å². The predicted octanol–water partition coefficient (Wildman–Crippen LogP) is 3.59. The molecule has 1 N–H and O–H groups in total. The maximum absolute atomic E-state index is 12.6. The molecule has 1 aromatic rings. The average molecular weight is 305 g/mol. The van der Waals surface area contributed by atoms with Gasteiger partial charge in [0.25, 0.3) is 0 Å². The zero-order valence-electron chi connectivity index (χ0n) is 14.2. The maximum atomic E-state index is 12.6. The van der Waals surface area contributed by atoms with Crippen molar-refractivity contribution in [2.75, 3.05) is 11.9 Å². The number of carbonyl (C=O) groups is 2. The number of aryl methyl sites for hydroxylation is 1. The standard InChI is InChI=1S/C18H27NO3/c1-6-18(17(21)22-7-2,16(12-20)13(3)4)19-15-10-8-14(5)9-11-15/h8-13,16,19H,6-7H2,1-5H3/t16-,18-/m0/s1. The first-order valence-corrected chi connectivity index (χ1v) is 7.88. The summed E-state index contributed by atoms with van der Waals surface area (Å²) in [4.78, 5) is 24.3. The van der Waals surface area contributed by atoms with Gasteiger partial charge in [-0.3, -0.25) is 0 Å². The molecule has 0 aliphatic rings. The highest BCUT2D eigenvalue weighted by Gasteiger charge is 2.47. The van der Waals surface area contributed by atoms with Crippen molar-refractivity contribution in [1.82, 2.24) is 0 Å². The largest absolute Gasteiger partial charge is 0.464 e. The summed E-state index contributed by atoms with van der Waals surface area (Å²) in [5, 5.41) is 3.28. The van der Waals surface area contributed by atoms with Crippen LogP contribution in [0.1, 0.15) is 39.7 Å². The lowest BCUT2D eigenvalue weighted by molar-refractivity contribution is -0.153. The highest BCUT2D eigenvalue weighted by Crippen LogP contribution is 2.32. The van der Waals surface area contributed by atoms with Gasteiger partial charge in [-0.2, -0.15) is 0 Å². The SMILES string of the molecule is CCOC(=O)[C@@](CC)(Nc1ccc(C)cc1)[C@@H](C=O)C(C)C. The van der Waals surface area contributed by atoms with Crippen molar-refractivity contribution in [2.24, 2.45) is 11.8 Å². The molecule has 0 aromatic heterocycles. The van der Waals surface area contributed by atoms with Gasteiger partial charge in [0.1, 0.15) is 11.8 Å². The number of rotatable bonds is 8. The second-order valence-electron chi connectivity index (χ2n) is 5.94. The lowest BCUT2D eigenvalue weighted by Crippen LogP contribution is -2.55. The number of benzene rings is 1. The van der Waals surface area contributed by atoms with Crippen molar-refractivity contribution in [3.05, 3.63) is 29.8 Å². The third-order valence-corrected chi connectivity index (χ3v) is 4.05. The Labute approximate surface area is 133 Å². The molecule has 0 heterocycles. The normalized spacial score (nSPS) is 15.0. The van der Waals surface area contributed by atoms with Gasteiger partial charge in [-0.15, -0.1) is 0 Å². The van der Waals surface area contributed by atoms with Crippen LogP contribution in [0.4, 0.5) is 5.69 Å². The zero-order valence-corrected chi connectivity index (χ0v) is 14.2. The van der Waals surface area contributed by atoms with E-state index in [-0.39, 0.29) is 11.9 Å². The van der Waals surface area contributed by atoms with E-state index in [2.05, 4.69) is 5.32 Å². The van der Waals surface area contributed by atoms with Gasteiger partial charge in [0.05, 0.1) is 12.5 Å². The summed E-state index contributed by atoms with van der Waals surface area (Å²) in [5.41, 5.74) is 0.911. The smallest absolute Gasteiger partial charge is 0.332 e. The first kappa shape index (κ1) is 18.2. The minimum absolute atomic E-state index is 0.0276. The van der Waals surface area contributed by atoms with Gasteiger partial charge in [-0.05, 0) is 38.3 Å². The molecule has 22 heavy (non-hydrogen) atoms. The molecule has 0 fully saturated rings. The van der Waals surface area contributed by atoms with Crippen LogP contribution in [0.15, 0.2) is 24.3 Å². The fraction of sp³-hybridized carbons (Fsp3) is 0.556. The Hall–Kier alpha value is -1.84. The molecule has 0 spiro atoms. The predicted molar refractivity (Wildman–Crippen MR) is 88.8 cm³/mol. The van der Waals surface area contributed by atoms with E-state index in [1.165, 1.54) is 0 Å². The fourth-order valence-corrected chi connectivity index (χ4v) is 2.74. The molecule has 0 radical (unpaired) electrons. The van der Waals surface area contributed by atoms with Crippen LogP contribution in [-0.4, -0.2) is 24.4 Å². The number of hydrogen-bond acceptors (Lipinski definition) is 4. The third kappa shape index (κ3) is 3.87. The van der Waals surface area contributed by atoms with Crippen LogP contribution >= 0.6 is 0 Å². The molecule has 0 amide bonds. The van der Waals surface area contributed by atoms with Gasteiger partial charge in [0.15, 0.2) is 0 Å². The molecule has 0 saturated heterocycles. The van der Waals surface area contributed by atoms with Crippen LogP contribution in [0.2, 0.25) is 0 Å². The third-order valence-electron chi connectivity index (χ3n) is 4.05. The van der Waals surface area contributed by atoms with Crippen molar-refractivity contribution < 1.29 is 14.3 Å². The molecule has 0 saturated carbocycles. The minimum atomic E-state index is -1.04. The van der Waals surface area contributed by atoms with Crippen LogP contribution in [0.25, 0.3) is 0 Å². The number of ether oxygens (including phenoxy) is 1. The quantitative estimate of drug-likeness (QED) is 0.589. The number of anilines is 1. The molecular formula is C18H27NO3. The topological polar surface area (TPSA) is 55.4 Å². The zero-order chi connectivity index (χ0) is 16.8. The lowest BCUT2D eigenvalue weighted by atomic mass is 9.75. The molecule has 0 bridgehead atoms. The average Bonchev–Trinajstić information content (AvgIpc) is 2.48. The van der Waals surface area contributed by atoms with Gasteiger partial charge >= 0.3 is 5.97 Å². The molecule has 4 nitrogen and oxygen atoms in total. The second-order valence-corrected chi connectivity index (χ2v) is 5.94. The number of hydrogen-bond donors (Lipinski definition) is 1.